The maximum absolute atomic E-state index is 5.06. The van der Waals surface area contributed by atoms with Crippen LogP contribution in [0.3, 0.4) is 0 Å². The maximum atomic E-state index is 5.06. The van der Waals surface area contributed by atoms with Crippen LogP contribution in [0.4, 0.5) is 0 Å². The van der Waals surface area contributed by atoms with E-state index >= 15 is 0 Å². The fourth-order valence-electron chi connectivity index (χ4n) is 2.19. The van der Waals surface area contributed by atoms with E-state index in [1.807, 2.05) is 0 Å². The fraction of sp³-hybridized carbons (Fsp3) is 0.611. The lowest BCUT2D eigenvalue weighted by Crippen LogP contribution is -2.38. The summed E-state index contributed by atoms with van der Waals surface area (Å²) in [5, 5.41) is 6.61. The van der Waals surface area contributed by atoms with Crippen molar-refractivity contribution in [3.8, 4) is 0 Å². The molecule has 5 nitrogen and oxygen atoms in total. The molecule has 0 spiro atoms. The summed E-state index contributed by atoms with van der Waals surface area (Å²) < 4.78 is 5.06. The molecule has 1 aromatic rings. The minimum absolute atomic E-state index is 0.684. The molecule has 1 rings (SSSR count). The van der Waals surface area contributed by atoms with Gasteiger partial charge in [-0.25, -0.2) is 4.99 Å². The number of benzene rings is 1. The van der Waals surface area contributed by atoms with Gasteiger partial charge in [0.05, 0.1) is 6.54 Å². The minimum atomic E-state index is 0.684. The van der Waals surface area contributed by atoms with Gasteiger partial charge in [0.15, 0.2) is 5.96 Å². The first kappa shape index (κ1) is 19.5. The second kappa shape index (κ2) is 11.9. The highest BCUT2D eigenvalue weighted by molar-refractivity contribution is 5.79. The topological polar surface area (TPSA) is 48.9 Å². The third-order valence-corrected chi connectivity index (χ3v) is 3.57. The van der Waals surface area contributed by atoms with Gasteiger partial charge in [-0.3, -0.25) is 0 Å². The molecule has 0 heterocycles. The number of hydrogen-bond donors (Lipinski definition) is 2. The molecule has 0 radical (unpaired) electrons. The highest BCUT2D eigenvalue weighted by Gasteiger charge is 2.01. The zero-order chi connectivity index (χ0) is 16.9. The van der Waals surface area contributed by atoms with Crippen molar-refractivity contribution in [2.45, 2.75) is 33.4 Å². The van der Waals surface area contributed by atoms with Crippen LogP contribution in [0.5, 0.6) is 0 Å². The van der Waals surface area contributed by atoms with Crippen molar-refractivity contribution in [2.24, 2.45) is 4.99 Å². The summed E-state index contributed by atoms with van der Waals surface area (Å²) in [4.78, 5) is 6.96. The summed E-state index contributed by atoms with van der Waals surface area (Å²) in [6.07, 6.45) is 0.972. The molecule has 0 aliphatic heterocycles. The molecule has 2 N–H and O–H groups in total. The van der Waals surface area contributed by atoms with E-state index in [0.29, 0.717) is 6.54 Å². The molecule has 0 amide bonds. The van der Waals surface area contributed by atoms with Crippen LogP contribution in [0, 0.1) is 0 Å². The number of ether oxygens (including phenoxy) is 1. The summed E-state index contributed by atoms with van der Waals surface area (Å²) in [5.74, 6) is 0.861. The fourth-order valence-corrected chi connectivity index (χ4v) is 2.19. The lowest BCUT2D eigenvalue weighted by Gasteiger charge is -2.14. The van der Waals surface area contributed by atoms with Crippen molar-refractivity contribution in [3.63, 3.8) is 0 Å². The van der Waals surface area contributed by atoms with Gasteiger partial charge in [0, 0.05) is 33.4 Å². The van der Waals surface area contributed by atoms with E-state index in [4.69, 9.17) is 4.74 Å². The Kier molecular flexibility index (Phi) is 10.1. The third-order valence-electron chi connectivity index (χ3n) is 3.57. The van der Waals surface area contributed by atoms with Crippen molar-refractivity contribution in [3.05, 3.63) is 35.4 Å². The quantitative estimate of drug-likeness (QED) is 0.394. The van der Waals surface area contributed by atoms with E-state index in [9.17, 15) is 0 Å². The van der Waals surface area contributed by atoms with Crippen LogP contribution in [0.2, 0.25) is 0 Å². The van der Waals surface area contributed by atoms with Gasteiger partial charge in [-0.05, 0) is 38.1 Å². The number of methoxy groups -OCH3 is 1. The SMILES string of the molecule is CCNC(=NCc1cccc(CN(C)CC)c1)NCCCOC. The molecule has 5 heteroatoms. The molecule has 0 saturated carbocycles. The Bertz CT molecular complexity index is 462. The molecule has 0 saturated heterocycles. The predicted octanol–water partition coefficient (Wildman–Crippen LogP) is 2.23. The van der Waals surface area contributed by atoms with Crippen molar-refractivity contribution < 1.29 is 4.74 Å². The average Bonchev–Trinajstić information content (AvgIpc) is 2.56. The Labute approximate surface area is 141 Å². The molecular weight excluding hydrogens is 288 g/mol. The predicted molar refractivity (Wildman–Crippen MR) is 97.8 cm³/mol. The lowest BCUT2D eigenvalue weighted by molar-refractivity contribution is 0.195. The highest BCUT2D eigenvalue weighted by Crippen LogP contribution is 2.08. The van der Waals surface area contributed by atoms with Gasteiger partial charge >= 0.3 is 0 Å². The van der Waals surface area contributed by atoms with Gasteiger partial charge in [0.25, 0.3) is 0 Å². The van der Waals surface area contributed by atoms with Crippen molar-refractivity contribution in [1.29, 1.82) is 0 Å². The Morgan fingerprint density at radius 1 is 1.22 bits per heavy atom. The van der Waals surface area contributed by atoms with Crippen molar-refractivity contribution >= 4 is 5.96 Å². The first-order valence-corrected chi connectivity index (χ1v) is 8.47. The summed E-state index contributed by atoms with van der Waals surface area (Å²) in [5.41, 5.74) is 2.57. The summed E-state index contributed by atoms with van der Waals surface area (Å²) in [6.45, 7) is 9.45. The Morgan fingerprint density at radius 3 is 2.70 bits per heavy atom. The first-order chi connectivity index (χ1) is 11.2. The molecule has 0 aliphatic carbocycles. The highest BCUT2D eigenvalue weighted by atomic mass is 16.5. The van der Waals surface area contributed by atoms with Crippen LogP contribution < -0.4 is 10.6 Å². The minimum Gasteiger partial charge on any atom is -0.385 e. The molecule has 0 unspecified atom stereocenters. The molecule has 130 valence electrons. The number of rotatable bonds is 10. The van der Waals surface area contributed by atoms with Gasteiger partial charge in [0.2, 0.25) is 0 Å². The normalized spacial score (nSPS) is 11.8. The van der Waals surface area contributed by atoms with Crippen molar-refractivity contribution in [1.82, 2.24) is 15.5 Å². The maximum Gasteiger partial charge on any atom is 0.191 e. The molecule has 0 atom stereocenters. The van der Waals surface area contributed by atoms with Crippen LogP contribution >= 0.6 is 0 Å². The Morgan fingerprint density at radius 2 is 2.00 bits per heavy atom. The van der Waals surface area contributed by atoms with Gasteiger partial charge in [0.1, 0.15) is 0 Å². The monoisotopic (exact) mass is 320 g/mol. The van der Waals surface area contributed by atoms with E-state index in [-0.39, 0.29) is 0 Å². The molecule has 0 aliphatic rings. The third kappa shape index (κ3) is 8.57. The lowest BCUT2D eigenvalue weighted by atomic mass is 10.1. The largest absolute Gasteiger partial charge is 0.385 e. The van der Waals surface area contributed by atoms with Gasteiger partial charge < -0.3 is 20.3 Å². The van der Waals surface area contributed by atoms with E-state index in [1.165, 1.54) is 11.1 Å². The molecule has 23 heavy (non-hydrogen) atoms. The average molecular weight is 320 g/mol. The second-order valence-electron chi connectivity index (χ2n) is 5.62. The number of aliphatic imine (C=N–C) groups is 1. The molecule has 0 fully saturated rings. The van der Waals surface area contributed by atoms with Crippen LogP contribution in [0.1, 0.15) is 31.4 Å². The summed E-state index contributed by atoms with van der Waals surface area (Å²) >= 11 is 0. The van der Waals surface area contributed by atoms with Crippen LogP contribution in [0.15, 0.2) is 29.3 Å². The standard InChI is InChI=1S/C18H32N4O/c1-5-19-18(20-11-8-12-23-4)21-14-16-9-7-10-17(13-16)15-22(3)6-2/h7,9-10,13H,5-6,8,11-12,14-15H2,1-4H3,(H2,19,20,21). The van der Waals surface area contributed by atoms with Gasteiger partial charge in [-0.2, -0.15) is 0 Å². The zero-order valence-electron chi connectivity index (χ0n) is 15.1. The number of nitrogens with zero attached hydrogens (tertiary/aromatic N) is 2. The summed E-state index contributed by atoms with van der Waals surface area (Å²) in [6, 6.07) is 8.66. The van der Waals surface area contributed by atoms with Crippen LogP contribution in [-0.2, 0) is 17.8 Å². The van der Waals surface area contributed by atoms with Gasteiger partial charge in [-0.15, -0.1) is 0 Å². The molecular formula is C18H32N4O. The number of nitrogens with one attached hydrogen (secondary N) is 2. The zero-order valence-corrected chi connectivity index (χ0v) is 15.1. The van der Waals surface area contributed by atoms with E-state index in [1.54, 1.807) is 7.11 Å². The Balaban J connectivity index is 2.58. The van der Waals surface area contributed by atoms with Crippen LogP contribution in [-0.4, -0.2) is 51.3 Å². The first-order valence-electron chi connectivity index (χ1n) is 8.47. The number of hydrogen-bond acceptors (Lipinski definition) is 3. The molecule has 0 bridgehead atoms. The van der Waals surface area contributed by atoms with Crippen LogP contribution in [0.25, 0.3) is 0 Å². The van der Waals surface area contributed by atoms with E-state index in [0.717, 1.165) is 45.2 Å². The number of guanidine groups is 1. The van der Waals surface area contributed by atoms with E-state index < -0.39 is 0 Å². The van der Waals surface area contributed by atoms with E-state index in [2.05, 4.69) is 65.7 Å². The van der Waals surface area contributed by atoms with Crippen molar-refractivity contribution in [2.75, 3.05) is 40.4 Å². The molecule has 0 aromatic heterocycles. The summed E-state index contributed by atoms with van der Waals surface area (Å²) in [7, 11) is 3.86. The second-order valence-corrected chi connectivity index (χ2v) is 5.62. The Hall–Kier alpha value is -1.59. The smallest absolute Gasteiger partial charge is 0.191 e. The van der Waals surface area contributed by atoms with Gasteiger partial charge in [-0.1, -0.05) is 31.2 Å². The molecule has 1 aromatic carbocycles.